The number of nitrogens with two attached hydrogens (primary N) is 1. The summed E-state index contributed by atoms with van der Waals surface area (Å²) in [5.41, 5.74) is 5.46. The molecule has 3 N–H and O–H groups in total. The highest BCUT2D eigenvalue weighted by Gasteiger charge is 2.14. The van der Waals surface area contributed by atoms with Crippen LogP contribution in [0.4, 0.5) is 0 Å². The maximum Gasteiger partial charge on any atom is 0.139 e. The zero-order valence-electron chi connectivity index (χ0n) is 11.4. The molecule has 17 heavy (non-hydrogen) atoms. The molecule has 0 fully saturated rings. The molecule has 0 bridgehead atoms. The minimum Gasteiger partial charge on any atom is -0.409 e. The Morgan fingerprint density at radius 2 is 2.00 bits per heavy atom. The van der Waals surface area contributed by atoms with Crippen LogP contribution in [0.25, 0.3) is 0 Å². The molecule has 0 aliphatic carbocycles. The number of methoxy groups -OCH3 is 1. The highest BCUT2D eigenvalue weighted by Crippen LogP contribution is 2.09. The van der Waals surface area contributed by atoms with Gasteiger partial charge in [0.1, 0.15) is 5.84 Å². The van der Waals surface area contributed by atoms with Crippen LogP contribution in [0.1, 0.15) is 39.5 Å². The molecule has 0 saturated carbocycles. The average molecular weight is 245 g/mol. The Morgan fingerprint density at radius 1 is 1.35 bits per heavy atom. The van der Waals surface area contributed by atoms with Gasteiger partial charge in [-0.05, 0) is 25.8 Å². The van der Waals surface area contributed by atoms with Crippen LogP contribution in [0.5, 0.6) is 0 Å². The molecule has 0 aromatic carbocycles. The summed E-state index contributed by atoms with van der Waals surface area (Å²) in [5.74, 6) is 0.307. The second kappa shape index (κ2) is 10.4. The Labute approximate surface area is 105 Å². The Hall–Kier alpha value is -0.810. The van der Waals surface area contributed by atoms with Crippen LogP contribution in [0.2, 0.25) is 0 Å². The lowest BCUT2D eigenvalue weighted by Crippen LogP contribution is -2.38. The van der Waals surface area contributed by atoms with Crippen molar-refractivity contribution in [2.75, 3.05) is 26.8 Å². The van der Waals surface area contributed by atoms with Crippen LogP contribution in [0.3, 0.4) is 0 Å². The van der Waals surface area contributed by atoms with Gasteiger partial charge in [0, 0.05) is 26.1 Å². The summed E-state index contributed by atoms with van der Waals surface area (Å²) in [6, 6.07) is 0.595. The van der Waals surface area contributed by atoms with Crippen LogP contribution in [-0.4, -0.2) is 48.8 Å². The highest BCUT2D eigenvalue weighted by molar-refractivity contribution is 5.79. The normalized spacial score (nSPS) is 12.6. The SMILES string of the molecule is CCC(CC)N(CCC/C(N)=N/O)CCOC. The lowest BCUT2D eigenvalue weighted by atomic mass is 10.1. The first-order valence-corrected chi connectivity index (χ1v) is 6.38. The van der Waals surface area contributed by atoms with Crippen molar-refractivity contribution in [3.8, 4) is 0 Å². The first kappa shape index (κ1) is 16.2. The summed E-state index contributed by atoms with van der Waals surface area (Å²) < 4.78 is 5.13. The van der Waals surface area contributed by atoms with Crippen molar-refractivity contribution < 1.29 is 9.94 Å². The summed E-state index contributed by atoms with van der Waals surface area (Å²) in [6.07, 6.45) is 3.84. The number of hydrogen-bond donors (Lipinski definition) is 2. The summed E-state index contributed by atoms with van der Waals surface area (Å²) in [4.78, 5) is 2.42. The first-order chi connectivity index (χ1) is 8.19. The largest absolute Gasteiger partial charge is 0.409 e. The van der Waals surface area contributed by atoms with Crippen LogP contribution >= 0.6 is 0 Å². The predicted molar refractivity (Wildman–Crippen MR) is 70.5 cm³/mol. The molecule has 0 spiro atoms. The van der Waals surface area contributed by atoms with Gasteiger partial charge in [0.25, 0.3) is 0 Å². The molecule has 0 amide bonds. The number of ether oxygens (including phenoxy) is 1. The van der Waals surface area contributed by atoms with E-state index >= 15 is 0 Å². The lowest BCUT2D eigenvalue weighted by molar-refractivity contribution is 0.115. The standard InChI is InChI=1S/C12H27N3O2/c1-4-11(5-2)15(9-10-17-3)8-6-7-12(13)14-16/h11,16H,4-10H2,1-3H3,(H2,13,14). The molecule has 0 atom stereocenters. The summed E-state index contributed by atoms with van der Waals surface area (Å²) >= 11 is 0. The van der Waals surface area contributed by atoms with Gasteiger partial charge in [-0.15, -0.1) is 0 Å². The molecule has 0 rings (SSSR count). The first-order valence-electron chi connectivity index (χ1n) is 6.38. The molecule has 0 aromatic rings. The van der Waals surface area contributed by atoms with Gasteiger partial charge in [-0.1, -0.05) is 19.0 Å². The minimum absolute atomic E-state index is 0.307. The van der Waals surface area contributed by atoms with E-state index in [0.717, 1.165) is 39.0 Å². The number of hydrogen-bond acceptors (Lipinski definition) is 4. The molecule has 5 nitrogen and oxygen atoms in total. The van der Waals surface area contributed by atoms with Crippen LogP contribution in [0.15, 0.2) is 5.16 Å². The monoisotopic (exact) mass is 245 g/mol. The van der Waals surface area contributed by atoms with Gasteiger partial charge in [-0.25, -0.2) is 0 Å². The summed E-state index contributed by atoms with van der Waals surface area (Å²) in [6.45, 7) is 7.07. The van der Waals surface area contributed by atoms with E-state index in [0.29, 0.717) is 18.3 Å². The molecule has 5 heteroatoms. The fourth-order valence-electron chi connectivity index (χ4n) is 2.00. The van der Waals surface area contributed by atoms with E-state index < -0.39 is 0 Å². The van der Waals surface area contributed by atoms with E-state index in [2.05, 4.69) is 23.9 Å². The summed E-state index contributed by atoms with van der Waals surface area (Å²) in [5, 5.41) is 11.5. The summed E-state index contributed by atoms with van der Waals surface area (Å²) in [7, 11) is 1.72. The van der Waals surface area contributed by atoms with Gasteiger partial charge >= 0.3 is 0 Å². The molecule has 0 aliphatic rings. The molecule has 0 saturated heterocycles. The number of amidine groups is 1. The third-order valence-electron chi connectivity index (χ3n) is 3.05. The Balaban J connectivity index is 4.08. The number of nitrogens with zero attached hydrogens (tertiary/aromatic N) is 2. The van der Waals surface area contributed by atoms with Crippen molar-refractivity contribution in [3.63, 3.8) is 0 Å². The van der Waals surface area contributed by atoms with Gasteiger partial charge in [0.05, 0.1) is 6.61 Å². The van der Waals surface area contributed by atoms with E-state index in [4.69, 9.17) is 15.7 Å². The van der Waals surface area contributed by atoms with Gasteiger partial charge in [0.2, 0.25) is 0 Å². The fraction of sp³-hybridized carbons (Fsp3) is 0.917. The van der Waals surface area contributed by atoms with Crippen LogP contribution < -0.4 is 5.73 Å². The van der Waals surface area contributed by atoms with Crippen LogP contribution in [-0.2, 0) is 4.74 Å². The van der Waals surface area contributed by atoms with E-state index in [1.165, 1.54) is 0 Å². The molecule has 0 heterocycles. The average Bonchev–Trinajstić information content (AvgIpc) is 2.36. The minimum atomic E-state index is 0.307. The smallest absolute Gasteiger partial charge is 0.139 e. The van der Waals surface area contributed by atoms with Gasteiger partial charge in [-0.3, -0.25) is 4.90 Å². The van der Waals surface area contributed by atoms with Crippen molar-refractivity contribution in [1.29, 1.82) is 0 Å². The molecular formula is C12H27N3O2. The molecule has 0 aliphatic heterocycles. The second-order valence-electron chi connectivity index (χ2n) is 4.19. The van der Waals surface area contributed by atoms with E-state index in [9.17, 15) is 0 Å². The third-order valence-corrected chi connectivity index (χ3v) is 3.05. The van der Waals surface area contributed by atoms with Crippen molar-refractivity contribution in [1.82, 2.24) is 4.90 Å². The Morgan fingerprint density at radius 3 is 2.47 bits per heavy atom. The molecule has 0 unspecified atom stereocenters. The van der Waals surface area contributed by atoms with Crippen molar-refractivity contribution in [3.05, 3.63) is 0 Å². The van der Waals surface area contributed by atoms with Crippen molar-refractivity contribution >= 4 is 5.84 Å². The van der Waals surface area contributed by atoms with Gasteiger partial charge in [0.15, 0.2) is 0 Å². The zero-order valence-corrected chi connectivity index (χ0v) is 11.4. The van der Waals surface area contributed by atoms with Gasteiger partial charge in [-0.2, -0.15) is 0 Å². The van der Waals surface area contributed by atoms with Crippen molar-refractivity contribution in [2.24, 2.45) is 10.9 Å². The quantitative estimate of drug-likeness (QED) is 0.266. The number of oxime groups is 1. The third kappa shape index (κ3) is 7.18. The van der Waals surface area contributed by atoms with Crippen molar-refractivity contribution in [2.45, 2.75) is 45.6 Å². The highest BCUT2D eigenvalue weighted by atomic mass is 16.5. The molecule has 102 valence electrons. The topological polar surface area (TPSA) is 71.1 Å². The lowest BCUT2D eigenvalue weighted by Gasteiger charge is -2.30. The van der Waals surface area contributed by atoms with E-state index in [-0.39, 0.29) is 0 Å². The second-order valence-corrected chi connectivity index (χ2v) is 4.19. The molecule has 0 aromatic heterocycles. The van der Waals surface area contributed by atoms with Gasteiger partial charge < -0.3 is 15.7 Å². The molecular weight excluding hydrogens is 218 g/mol. The zero-order chi connectivity index (χ0) is 13.1. The van der Waals surface area contributed by atoms with E-state index in [1.807, 2.05) is 0 Å². The maximum atomic E-state index is 8.47. The molecule has 0 radical (unpaired) electrons. The van der Waals surface area contributed by atoms with E-state index in [1.54, 1.807) is 7.11 Å². The Kier molecular flexibility index (Phi) is 9.86. The van der Waals surface area contributed by atoms with Crippen LogP contribution in [0, 0.1) is 0 Å². The fourth-order valence-corrected chi connectivity index (χ4v) is 2.00. The maximum absolute atomic E-state index is 8.47. The Bertz CT molecular complexity index is 206. The predicted octanol–water partition coefficient (Wildman–Crippen LogP) is 1.65. The number of rotatable bonds is 10.